The van der Waals surface area contributed by atoms with Crippen molar-refractivity contribution in [3.63, 3.8) is 0 Å². The van der Waals surface area contributed by atoms with Gasteiger partial charge < -0.3 is 5.32 Å². The van der Waals surface area contributed by atoms with Gasteiger partial charge in [-0.15, -0.1) is 0 Å². The van der Waals surface area contributed by atoms with Gasteiger partial charge in [0.15, 0.2) is 0 Å². The molecule has 4 saturated carbocycles. The number of benzene rings is 1. The molecule has 0 aromatic heterocycles. The highest BCUT2D eigenvalue weighted by molar-refractivity contribution is 7.94. The molecule has 0 radical (unpaired) electrons. The molecule has 166 valence electrons. The van der Waals surface area contributed by atoms with Crippen molar-refractivity contribution in [1.82, 2.24) is 10.0 Å². The summed E-state index contributed by atoms with van der Waals surface area (Å²) in [5.41, 5.74) is 1.74. The molecule has 0 aliphatic heterocycles. The zero-order chi connectivity index (χ0) is 21.6. The smallest absolute Gasteiger partial charge is 0.260 e. The maximum atomic E-state index is 13.0. The van der Waals surface area contributed by atoms with E-state index < -0.39 is 15.9 Å². The molecule has 5 aliphatic carbocycles. The largest absolute Gasteiger partial charge is 0.355 e. The van der Waals surface area contributed by atoms with Gasteiger partial charge in [-0.25, -0.2) is 13.1 Å². The van der Waals surface area contributed by atoms with Crippen molar-refractivity contribution in [2.24, 2.45) is 23.2 Å². The number of carbonyl (C=O) groups is 2. The van der Waals surface area contributed by atoms with E-state index in [1.54, 1.807) is 6.08 Å². The van der Waals surface area contributed by atoms with E-state index in [-0.39, 0.29) is 29.2 Å². The number of sulfonamides is 1. The number of carbonyl (C=O) groups excluding carboxylic acids is 2. The van der Waals surface area contributed by atoms with Crippen LogP contribution in [0.1, 0.15) is 62.5 Å². The van der Waals surface area contributed by atoms with Crippen LogP contribution in [0, 0.1) is 23.2 Å². The van der Waals surface area contributed by atoms with E-state index in [2.05, 4.69) is 10.0 Å². The Morgan fingerprint density at radius 3 is 2.29 bits per heavy atom. The second kappa shape index (κ2) is 7.76. The minimum atomic E-state index is -3.86. The van der Waals surface area contributed by atoms with Crippen molar-refractivity contribution < 1.29 is 18.0 Å². The molecule has 4 bridgehead atoms. The molecular formula is C24H30N2O4S. The van der Waals surface area contributed by atoms with Gasteiger partial charge >= 0.3 is 0 Å². The monoisotopic (exact) mass is 442 g/mol. The predicted octanol–water partition coefficient (Wildman–Crippen LogP) is 3.14. The number of fused-ring (bicyclic) bond motifs is 1. The van der Waals surface area contributed by atoms with Gasteiger partial charge in [0, 0.05) is 18.4 Å². The summed E-state index contributed by atoms with van der Waals surface area (Å²) in [6.45, 7) is 0.170. The van der Waals surface area contributed by atoms with E-state index in [1.807, 2.05) is 24.3 Å². The van der Waals surface area contributed by atoms with Gasteiger partial charge in [-0.05, 0) is 86.3 Å². The summed E-state index contributed by atoms with van der Waals surface area (Å²) in [4.78, 5) is 25.5. The van der Waals surface area contributed by atoms with Crippen LogP contribution in [0.15, 0.2) is 29.2 Å². The number of nitrogens with one attached hydrogen (secondary N) is 2. The molecule has 1 aromatic carbocycles. The third-order valence-corrected chi connectivity index (χ3v) is 9.27. The van der Waals surface area contributed by atoms with Crippen LogP contribution in [0.2, 0.25) is 0 Å². The van der Waals surface area contributed by atoms with Crippen molar-refractivity contribution in [2.75, 3.05) is 6.54 Å². The second-order valence-electron chi connectivity index (χ2n) is 10.0. The van der Waals surface area contributed by atoms with Crippen LogP contribution in [-0.4, -0.2) is 26.8 Å². The quantitative estimate of drug-likeness (QED) is 0.708. The van der Waals surface area contributed by atoms with Crippen LogP contribution in [0.25, 0.3) is 6.08 Å². The van der Waals surface area contributed by atoms with Crippen LogP contribution in [0.4, 0.5) is 0 Å². The molecule has 6 nitrogen and oxygen atoms in total. The molecule has 2 amide bonds. The summed E-state index contributed by atoms with van der Waals surface area (Å²) in [5.74, 6) is 1.53. The normalized spacial score (nSPS) is 31.0. The molecule has 5 aliphatic rings. The Morgan fingerprint density at radius 1 is 0.968 bits per heavy atom. The lowest BCUT2D eigenvalue weighted by molar-refractivity contribution is -0.146. The maximum absolute atomic E-state index is 13.0. The average Bonchev–Trinajstić information content (AvgIpc) is 2.72. The van der Waals surface area contributed by atoms with Crippen LogP contribution < -0.4 is 10.0 Å². The summed E-state index contributed by atoms with van der Waals surface area (Å²) in [6.07, 6.45) is 9.35. The number of hydrogen-bond acceptors (Lipinski definition) is 4. The number of rotatable bonds is 6. The van der Waals surface area contributed by atoms with Gasteiger partial charge in [0.1, 0.15) is 0 Å². The fourth-order valence-electron chi connectivity index (χ4n) is 6.75. The molecule has 31 heavy (non-hydrogen) atoms. The lowest BCUT2D eigenvalue weighted by Crippen LogP contribution is -2.53. The van der Waals surface area contributed by atoms with Gasteiger partial charge in [-0.3, -0.25) is 9.59 Å². The van der Waals surface area contributed by atoms with Crippen molar-refractivity contribution in [3.05, 3.63) is 40.3 Å². The number of allylic oxidation sites excluding steroid dienone is 1. The predicted molar refractivity (Wildman–Crippen MR) is 118 cm³/mol. The van der Waals surface area contributed by atoms with Crippen molar-refractivity contribution in [2.45, 2.75) is 57.8 Å². The third-order valence-electron chi connectivity index (χ3n) is 7.76. The van der Waals surface area contributed by atoms with E-state index in [4.69, 9.17) is 0 Å². The molecule has 2 N–H and O–H groups in total. The van der Waals surface area contributed by atoms with E-state index in [0.717, 1.165) is 30.4 Å². The molecule has 0 unspecified atom stereocenters. The molecule has 0 spiro atoms. The van der Waals surface area contributed by atoms with Crippen LogP contribution >= 0.6 is 0 Å². The lowest BCUT2D eigenvalue weighted by Gasteiger charge is -2.55. The summed E-state index contributed by atoms with van der Waals surface area (Å²) < 4.78 is 27.5. The Balaban J connectivity index is 1.15. The van der Waals surface area contributed by atoms with E-state index in [9.17, 15) is 18.0 Å². The van der Waals surface area contributed by atoms with E-state index in [0.29, 0.717) is 30.6 Å². The SMILES string of the molecule is O=C(CCNC(=O)C12CC3CC(CC(C3)C1)C2)NS(=O)(=O)C1=Cc2ccccc2CC1. The topological polar surface area (TPSA) is 92.3 Å². The number of aryl methyl sites for hydroxylation is 1. The van der Waals surface area contributed by atoms with Gasteiger partial charge in [0.2, 0.25) is 11.8 Å². The molecule has 4 fully saturated rings. The van der Waals surface area contributed by atoms with E-state index in [1.165, 1.54) is 19.3 Å². The summed E-state index contributed by atoms with van der Waals surface area (Å²) in [6, 6.07) is 7.67. The first-order chi connectivity index (χ1) is 14.8. The highest BCUT2D eigenvalue weighted by atomic mass is 32.2. The zero-order valence-corrected chi connectivity index (χ0v) is 18.5. The Kier molecular flexibility index (Phi) is 5.19. The first-order valence-corrected chi connectivity index (χ1v) is 12.9. The van der Waals surface area contributed by atoms with Crippen LogP contribution in [-0.2, 0) is 26.0 Å². The molecular weight excluding hydrogens is 412 g/mol. The van der Waals surface area contributed by atoms with Crippen molar-refractivity contribution in [1.29, 1.82) is 0 Å². The van der Waals surface area contributed by atoms with Crippen LogP contribution in [0.3, 0.4) is 0 Å². The fraction of sp³-hybridized carbons (Fsp3) is 0.583. The third kappa shape index (κ3) is 4.04. The maximum Gasteiger partial charge on any atom is 0.260 e. The Bertz CT molecular complexity index is 1010. The highest BCUT2D eigenvalue weighted by Crippen LogP contribution is 2.60. The van der Waals surface area contributed by atoms with Gasteiger partial charge in [-0.2, -0.15) is 0 Å². The van der Waals surface area contributed by atoms with Crippen molar-refractivity contribution in [3.8, 4) is 0 Å². The molecule has 1 aromatic rings. The second-order valence-corrected chi connectivity index (χ2v) is 11.8. The number of amides is 2. The Morgan fingerprint density at radius 2 is 1.61 bits per heavy atom. The first kappa shape index (κ1) is 20.7. The first-order valence-electron chi connectivity index (χ1n) is 11.5. The Hall–Kier alpha value is -2.15. The van der Waals surface area contributed by atoms with Gasteiger partial charge in [0.25, 0.3) is 10.0 Å². The summed E-state index contributed by atoms with van der Waals surface area (Å²) in [5, 5.41) is 2.94. The summed E-state index contributed by atoms with van der Waals surface area (Å²) >= 11 is 0. The van der Waals surface area contributed by atoms with Crippen molar-refractivity contribution >= 4 is 27.9 Å². The molecule has 0 atom stereocenters. The lowest BCUT2D eigenvalue weighted by atomic mass is 9.49. The minimum absolute atomic E-state index is 0.0405. The zero-order valence-electron chi connectivity index (χ0n) is 17.7. The number of hydrogen-bond donors (Lipinski definition) is 2. The van der Waals surface area contributed by atoms with E-state index >= 15 is 0 Å². The Labute approximate surface area is 183 Å². The highest BCUT2D eigenvalue weighted by Gasteiger charge is 2.54. The fourth-order valence-corrected chi connectivity index (χ4v) is 7.94. The van der Waals surface area contributed by atoms with Gasteiger partial charge in [-0.1, -0.05) is 24.3 Å². The molecule has 7 heteroatoms. The molecule has 6 rings (SSSR count). The van der Waals surface area contributed by atoms with Gasteiger partial charge in [0.05, 0.1) is 4.91 Å². The standard InChI is InChI=1S/C24H30N2O4S/c27-22(26-31(29,30)21-6-5-19-3-1-2-4-20(19)12-21)7-8-25-23(28)24-13-16-9-17(14-24)11-18(10-16)15-24/h1-4,12,16-18H,5-11,13-15H2,(H,25,28)(H,26,27). The van der Waals surface area contributed by atoms with Crippen LogP contribution in [0.5, 0.6) is 0 Å². The minimum Gasteiger partial charge on any atom is -0.355 e. The molecule has 0 heterocycles. The summed E-state index contributed by atoms with van der Waals surface area (Å²) in [7, 11) is -3.86. The molecule has 0 saturated heterocycles. The average molecular weight is 443 g/mol.